The normalized spacial score (nSPS) is 11.3. The first-order chi connectivity index (χ1) is 15.2. The molecular weight excluding hydrogens is 465 g/mol. The maximum absolute atomic E-state index is 12.9. The summed E-state index contributed by atoms with van der Waals surface area (Å²) in [5, 5.41) is 9.87. The van der Waals surface area contributed by atoms with Gasteiger partial charge in [-0.3, -0.25) is 4.68 Å². The van der Waals surface area contributed by atoms with Crippen LogP contribution in [-0.4, -0.2) is 41.2 Å². The first kappa shape index (κ1) is 26.1. The van der Waals surface area contributed by atoms with Gasteiger partial charge in [0.15, 0.2) is 22.3 Å². The minimum Gasteiger partial charge on any atom is -0.490 e. The van der Waals surface area contributed by atoms with E-state index in [9.17, 15) is 13.2 Å². The van der Waals surface area contributed by atoms with E-state index in [1.807, 2.05) is 32.0 Å². The van der Waals surface area contributed by atoms with Crippen LogP contribution in [0.4, 0.5) is 13.2 Å². The highest BCUT2D eigenvalue weighted by atomic mass is 35.5. The Bertz CT molecular complexity index is 906. The summed E-state index contributed by atoms with van der Waals surface area (Å²) < 4.78 is 51.1. The maximum Gasteiger partial charge on any atom is 0.436 e. The molecule has 0 bridgehead atoms. The lowest BCUT2D eigenvalue weighted by Gasteiger charge is -2.13. The van der Waals surface area contributed by atoms with Crippen LogP contribution in [0.1, 0.15) is 37.2 Å². The van der Waals surface area contributed by atoms with Crippen molar-refractivity contribution in [1.82, 2.24) is 20.4 Å². The van der Waals surface area contributed by atoms with Crippen LogP contribution in [0.2, 0.25) is 5.02 Å². The molecule has 0 saturated heterocycles. The Hall–Kier alpha value is -2.20. The van der Waals surface area contributed by atoms with Crippen molar-refractivity contribution in [3.8, 4) is 11.5 Å². The van der Waals surface area contributed by atoms with Crippen LogP contribution in [-0.2, 0) is 19.1 Å². The number of nitrogens with zero attached hydrogens (tertiary/aromatic N) is 2. The highest BCUT2D eigenvalue weighted by Gasteiger charge is 2.38. The maximum atomic E-state index is 12.9. The fourth-order valence-electron chi connectivity index (χ4n) is 2.99. The average molecular weight is 493 g/mol. The number of alkyl halides is 3. The molecular formula is C21H28ClF3N4O2S. The molecule has 0 unspecified atom stereocenters. The standard InChI is InChI=1S/C21H28ClF3N4O2S/c1-4-30-16-8-7-15(13-17(16)31-5-2)9-11-27-20(32)26-10-6-12-29-14(3)18(22)19(28-29)21(23,24)25/h7-8,13H,4-6,9-12H2,1-3H3,(H2,26,27,32). The SMILES string of the molecule is CCOc1ccc(CCNC(=S)NCCCn2nc(C(F)(F)F)c(Cl)c2C)cc1OCC. The van der Waals surface area contributed by atoms with E-state index >= 15 is 0 Å². The lowest BCUT2D eigenvalue weighted by atomic mass is 10.1. The number of hydrogen-bond donors (Lipinski definition) is 2. The van der Waals surface area contributed by atoms with Gasteiger partial charge in [0.25, 0.3) is 0 Å². The third-order valence-corrected chi connectivity index (χ3v) is 5.28. The smallest absolute Gasteiger partial charge is 0.436 e. The van der Waals surface area contributed by atoms with E-state index < -0.39 is 11.9 Å². The molecule has 0 fully saturated rings. The van der Waals surface area contributed by atoms with Gasteiger partial charge in [0.05, 0.1) is 23.9 Å². The van der Waals surface area contributed by atoms with Gasteiger partial charge >= 0.3 is 6.18 Å². The van der Waals surface area contributed by atoms with Crippen LogP contribution in [0.15, 0.2) is 18.2 Å². The Kier molecular flexibility index (Phi) is 9.89. The molecule has 0 atom stereocenters. The summed E-state index contributed by atoms with van der Waals surface area (Å²) >= 11 is 11.0. The van der Waals surface area contributed by atoms with Crippen molar-refractivity contribution in [3.05, 3.63) is 40.2 Å². The number of aryl methyl sites for hydroxylation is 1. The molecule has 32 heavy (non-hydrogen) atoms. The Morgan fingerprint density at radius 1 is 1.12 bits per heavy atom. The molecule has 0 amide bonds. The van der Waals surface area contributed by atoms with Crippen LogP contribution in [0, 0.1) is 6.92 Å². The molecule has 178 valence electrons. The fraction of sp³-hybridized carbons (Fsp3) is 0.524. The van der Waals surface area contributed by atoms with E-state index in [1.54, 1.807) is 0 Å². The predicted molar refractivity (Wildman–Crippen MR) is 123 cm³/mol. The number of ether oxygens (including phenoxy) is 2. The van der Waals surface area contributed by atoms with Gasteiger partial charge in [-0.15, -0.1) is 0 Å². The van der Waals surface area contributed by atoms with Gasteiger partial charge in [-0.05, 0) is 63.5 Å². The summed E-state index contributed by atoms with van der Waals surface area (Å²) in [5.41, 5.74) is 0.323. The second-order valence-electron chi connectivity index (χ2n) is 6.90. The lowest BCUT2D eigenvalue weighted by Crippen LogP contribution is -2.37. The predicted octanol–water partition coefficient (Wildman–Crippen LogP) is 4.76. The van der Waals surface area contributed by atoms with E-state index in [0.29, 0.717) is 50.1 Å². The third kappa shape index (κ3) is 7.44. The summed E-state index contributed by atoms with van der Waals surface area (Å²) in [6.45, 7) is 7.88. The molecule has 2 N–H and O–H groups in total. The van der Waals surface area contributed by atoms with Crippen molar-refractivity contribution < 1.29 is 22.6 Å². The molecule has 0 aliphatic rings. The van der Waals surface area contributed by atoms with E-state index in [1.165, 1.54) is 11.6 Å². The van der Waals surface area contributed by atoms with Gasteiger partial charge in [-0.2, -0.15) is 18.3 Å². The van der Waals surface area contributed by atoms with Crippen LogP contribution in [0.3, 0.4) is 0 Å². The van der Waals surface area contributed by atoms with Crippen LogP contribution in [0.25, 0.3) is 0 Å². The highest BCUT2D eigenvalue weighted by molar-refractivity contribution is 7.80. The van der Waals surface area contributed by atoms with Gasteiger partial charge in [0, 0.05) is 19.6 Å². The Balaban J connectivity index is 1.74. The zero-order valence-corrected chi connectivity index (χ0v) is 19.9. The molecule has 0 spiro atoms. The van der Waals surface area contributed by atoms with Gasteiger partial charge in [-0.1, -0.05) is 17.7 Å². The number of aromatic nitrogens is 2. The average Bonchev–Trinajstić information content (AvgIpc) is 3.02. The van der Waals surface area contributed by atoms with Gasteiger partial charge < -0.3 is 20.1 Å². The van der Waals surface area contributed by atoms with Crippen molar-refractivity contribution >= 4 is 28.9 Å². The molecule has 1 heterocycles. The summed E-state index contributed by atoms with van der Waals surface area (Å²) in [4.78, 5) is 0. The molecule has 1 aromatic carbocycles. The molecule has 1 aromatic heterocycles. The van der Waals surface area contributed by atoms with Gasteiger partial charge in [-0.25, -0.2) is 0 Å². The second-order valence-corrected chi connectivity index (χ2v) is 7.69. The quantitative estimate of drug-likeness (QED) is 0.348. The number of nitrogens with one attached hydrogen (secondary N) is 2. The minimum absolute atomic E-state index is 0.293. The summed E-state index contributed by atoms with van der Waals surface area (Å²) in [6, 6.07) is 5.84. The van der Waals surface area contributed by atoms with Crippen molar-refractivity contribution in [2.45, 2.75) is 46.3 Å². The second kappa shape index (κ2) is 12.2. The molecule has 0 aliphatic carbocycles. The number of hydrogen-bond acceptors (Lipinski definition) is 4. The van der Waals surface area contributed by atoms with E-state index in [2.05, 4.69) is 15.7 Å². The van der Waals surface area contributed by atoms with Gasteiger partial charge in [0.2, 0.25) is 0 Å². The zero-order chi connectivity index (χ0) is 23.7. The minimum atomic E-state index is -4.57. The van der Waals surface area contributed by atoms with Crippen molar-refractivity contribution in [2.75, 3.05) is 26.3 Å². The van der Waals surface area contributed by atoms with E-state index in [4.69, 9.17) is 33.3 Å². The number of thiocarbonyl (C=S) groups is 1. The lowest BCUT2D eigenvalue weighted by molar-refractivity contribution is -0.141. The summed E-state index contributed by atoms with van der Waals surface area (Å²) in [6.07, 6.45) is -3.29. The van der Waals surface area contributed by atoms with Crippen molar-refractivity contribution in [3.63, 3.8) is 0 Å². The van der Waals surface area contributed by atoms with Gasteiger partial charge in [0.1, 0.15) is 0 Å². The Morgan fingerprint density at radius 2 is 1.78 bits per heavy atom. The van der Waals surface area contributed by atoms with Crippen molar-refractivity contribution in [2.24, 2.45) is 0 Å². The Labute approximate surface area is 196 Å². The van der Waals surface area contributed by atoms with E-state index in [-0.39, 0.29) is 5.02 Å². The topological polar surface area (TPSA) is 60.3 Å². The summed E-state index contributed by atoms with van der Waals surface area (Å²) in [7, 11) is 0. The highest BCUT2D eigenvalue weighted by Crippen LogP contribution is 2.35. The molecule has 0 radical (unpaired) electrons. The molecule has 0 saturated carbocycles. The largest absolute Gasteiger partial charge is 0.490 e. The molecule has 2 aromatic rings. The van der Waals surface area contributed by atoms with Crippen molar-refractivity contribution in [1.29, 1.82) is 0 Å². The number of benzene rings is 1. The fourth-order valence-corrected chi connectivity index (χ4v) is 3.43. The monoisotopic (exact) mass is 492 g/mol. The number of halogens is 4. The first-order valence-electron chi connectivity index (χ1n) is 10.4. The number of rotatable bonds is 11. The van der Waals surface area contributed by atoms with Crippen LogP contribution < -0.4 is 20.1 Å². The zero-order valence-electron chi connectivity index (χ0n) is 18.3. The van der Waals surface area contributed by atoms with Crippen LogP contribution >= 0.6 is 23.8 Å². The van der Waals surface area contributed by atoms with Crippen LogP contribution in [0.5, 0.6) is 11.5 Å². The molecule has 0 aliphatic heterocycles. The molecule has 11 heteroatoms. The molecule has 6 nitrogen and oxygen atoms in total. The summed E-state index contributed by atoms with van der Waals surface area (Å²) in [5.74, 6) is 1.44. The van der Waals surface area contributed by atoms with E-state index in [0.717, 1.165) is 23.5 Å². The third-order valence-electron chi connectivity index (χ3n) is 4.54. The molecule has 2 rings (SSSR count). The Morgan fingerprint density at radius 3 is 2.41 bits per heavy atom. The first-order valence-corrected chi connectivity index (χ1v) is 11.2.